The largest absolute Gasteiger partial charge is 0.460 e. The molecule has 33 heavy (non-hydrogen) atoms. The molecule has 2 N–H and O–H groups in total. The number of hydrogen-bond donors (Lipinski definition) is 2. The Bertz CT molecular complexity index is 961. The maximum absolute atomic E-state index is 12.7. The SMILES string of the molecule is CC(C)(C)OC(=O)CC1(O)CCN(c2cccc3c2CCN3[C@@]2(C)CCC(=O)NC2=O)CC1. The summed E-state index contributed by atoms with van der Waals surface area (Å²) in [4.78, 5) is 41.0. The summed E-state index contributed by atoms with van der Waals surface area (Å²) in [5.41, 5.74) is 0.987. The van der Waals surface area contributed by atoms with Gasteiger partial charge in [0, 0.05) is 43.0 Å². The number of benzene rings is 1. The molecule has 0 unspecified atom stereocenters. The van der Waals surface area contributed by atoms with E-state index in [0.717, 1.165) is 24.3 Å². The van der Waals surface area contributed by atoms with Crippen molar-refractivity contribution in [1.82, 2.24) is 5.32 Å². The first-order valence-electron chi connectivity index (χ1n) is 11.8. The summed E-state index contributed by atoms with van der Waals surface area (Å²) < 4.78 is 5.40. The summed E-state index contributed by atoms with van der Waals surface area (Å²) in [6.07, 6.45) is 2.65. The van der Waals surface area contributed by atoms with Gasteiger partial charge in [-0.2, -0.15) is 0 Å². The van der Waals surface area contributed by atoms with Gasteiger partial charge in [-0.05, 0) is 65.5 Å². The van der Waals surface area contributed by atoms with Crippen molar-refractivity contribution in [2.24, 2.45) is 0 Å². The highest BCUT2D eigenvalue weighted by Gasteiger charge is 2.46. The number of aliphatic hydroxyl groups is 1. The topological polar surface area (TPSA) is 99.2 Å². The van der Waals surface area contributed by atoms with Crippen molar-refractivity contribution in [3.8, 4) is 0 Å². The van der Waals surface area contributed by atoms with Gasteiger partial charge in [-0.15, -0.1) is 0 Å². The zero-order valence-corrected chi connectivity index (χ0v) is 20.1. The quantitative estimate of drug-likeness (QED) is 0.529. The number of esters is 1. The van der Waals surface area contributed by atoms with Crippen molar-refractivity contribution in [3.63, 3.8) is 0 Å². The summed E-state index contributed by atoms with van der Waals surface area (Å²) in [7, 11) is 0. The molecule has 0 radical (unpaired) electrons. The first-order valence-corrected chi connectivity index (χ1v) is 11.8. The molecule has 2 fully saturated rings. The average Bonchev–Trinajstić information content (AvgIpc) is 3.15. The van der Waals surface area contributed by atoms with E-state index in [9.17, 15) is 19.5 Å². The van der Waals surface area contributed by atoms with Crippen LogP contribution in [0.2, 0.25) is 0 Å². The molecule has 1 atom stereocenters. The first-order chi connectivity index (χ1) is 15.4. The molecule has 180 valence electrons. The van der Waals surface area contributed by atoms with Crippen LogP contribution in [0.5, 0.6) is 0 Å². The average molecular weight is 458 g/mol. The second kappa shape index (κ2) is 8.31. The van der Waals surface area contributed by atoms with Crippen molar-refractivity contribution < 1.29 is 24.2 Å². The summed E-state index contributed by atoms with van der Waals surface area (Å²) in [5, 5.41) is 13.5. The highest BCUT2D eigenvalue weighted by Crippen LogP contribution is 2.42. The van der Waals surface area contributed by atoms with Crippen LogP contribution in [0.1, 0.15) is 65.4 Å². The fourth-order valence-corrected chi connectivity index (χ4v) is 5.26. The summed E-state index contributed by atoms with van der Waals surface area (Å²) in [5.74, 6) is -0.813. The van der Waals surface area contributed by atoms with Gasteiger partial charge in [-0.25, -0.2) is 0 Å². The molecule has 0 aliphatic carbocycles. The van der Waals surface area contributed by atoms with Gasteiger partial charge in [0.15, 0.2) is 0 Å². The number of piperidine rings is 2. The Morgan fingerprint density at radius 3 is 2.39 bits per heavy atom. The summed E-state index contributed by atoms with van der Waals surface area (Å²) in [6.45, 7) is 9.39. The highest BCUT2D eigenvalue weighted by molar-refractivity contribution is 6.04. The van der Waals surface area contributed by atoms with E-state index in [-0.39, 0.29) is 24.2 Å². The van der Waals surface area contributed by atoms with Gasteiger partial charge >= 0.3 is 5.97 Å². The van der Waals surface area contributed by atoms with E-state index in [1.54, 1.807) is 0 Å². The number of ether oxygens (including phenoxy) is 1. The fraction of sp³-hybridized carbons (Fsp3) is 0.640. The Morgan fingerprint density at radius 2 is 1.76 bits per heavy atom. The minimum absolute atomic E-state index is 0.00493. The van der Waals surface area contributed by atoms with E-state index in [4.69, 9.17) is 4.74 Å². The van der Waals surface area contributed by atoms with E-state index >= 15 is 0 Å². The van der Waals surface area contributed by atoms with Crippen molar-refractivity contribution in [1.29, 1.82) is 0 Å². The predicted octanol–water partition coefficient (Wildman–Crippen LogP) is 2.31. The van der Waals surface area contributed by atoms with Crippen LogP contribution in [0, 0.1) is 0 Å². The number of carbonyl (C=O) groups is 3. The number of rotatable bonds is 4. The van der Waals surface area contributed by atoms with Gasteiger partial charge in [0.25, 0.3) is 5.91 Å². The Balaban J connectivity index is 1.47. The van der Waals surface area contributed by atoms with Crippen molar-refractivity contribution >= 4 is 29.2 Å². The minimum Gasteiger partial charge on any atom is -0.460 e. The molecule has 2 saturated heterocycles. The van der Waals surface area contributed by atoms with Gasteiger partial charge < -0.3 is 19.6 Å². The van der Waals surface area contributed by atoms with Gasteiger partial charge in [0.1, 0.15) is 11.1 Å². The molecule has 4 rings (SSSR count). The predicted molar refractivity (Wildman–Crippen MR) is 125 cm³/mol. The number of anilines is 2. The van der Waals surface area contributed by atoms with Crippen LogP contribution in [-0.2, 0) is 25.5 Å². The second-order valence-electron chi connectivity index (χ2n) is 10.8. The van der Waals surface area contributed by atoms with Crippen molar-refractivity contribution in [2.75, 3.05) is 29.4 Å². The van der Waals surface area contributed by atoms with E-state index in [2.05, 4.69) is 21.2 Å². The number of imide groups is 1. The third kappa shape index (κ3) is 4.71. The molecule has 8 heteroatoms. The zero-order chi connectivity index (χ0) is 24.0. The van der Waals surface area contributed by atoms with Crippen LogP contribution in [0.3, 0.4) is 0 Å². The van der Waals surface area contributed by atoms with E-state index in [1.807, 2.05) is 39.8 Å². The molecule has 0 saturated carbocycles. The molecule has 3 aliphatic heterocycles. The van der Waals surface area contributed by atoms with Crippen LogP contribution in [-0.4, -0.2) is 59.3 Å². The molecule has 2 amide bonds. The summed E-state index contributed by atoms with van der Waals surface area (Å²) >= 11 is 0. The molecule has 1 aromatic carbocycles. The maximum Gasteiger partial charge on any atom is 0.309 e. The molecule has 3 aliphatic rings. The highest BCUT2D eigenvalue weighted by atomic mass is 16.6. The standard InChI is InChI=1S/C25H35N3O5/c1-23(2,3)33-21(30)16-25(32)11-14-27(15-12-25)18-6-5-7-19-17(18)9-13-28(19)24(4)10-8-20(29)26-22(24)31/h5-7,32H,8-16H2,1-4H3,(H,26,29,31)/t24-/m0/s1. The Kier molecular flexibility index (Phi) is 5.93. The number of amides is 2. The smallest absolute Gasteiger partial charge is 0.309 e. The van der Waals surface area contributed by atoms with E-state index in [1.165, 1.54) is 5.56 Å². The molecule has 3 heterocycles. The lowest BCUT2D eigenvalue weighted by atomic mass is 9.87. The number of hydrogen-bond acceptors (Lipinski definition) is 7. The van der Waals surface area contributed by atoms with E-state index in [0.29, 0.717) is 38.8 Å². The number of nitrogens with zero attached hydrogens (tertiary/aromatic N) is 2. The van der Waals surface area contributed by atoms with Crippen LogP contribution in [0.15, 0.2) is 18.2 Å². The molecule has 0 bridgehead atoms. The number of fused-ring (bicyclic) bond motifs is 1. The van der Waals surface area contributed by atoms with Gasteiger partial charge in [0.05, 0.1) is 12.0 Å². The lowest BCUT2D eigenvalue weighted by Crippen LogP contribution is -2.61. The lowest BCUT2D eigenvalue weighted by Gasteiger charge is -2.42. The van der Waals surface area contributed by atoms with Gasteiger partial charge in [-0.1, -0.05) is 6.07 Å². The first kappa shape index (κ1) is 23.5. The number of carbonyl (C=O) groups excluding carboxylic acids is 3. The molecular weight excluding hydrogens is 422 g/mol. The second-order valence-corrected chi connectivity index (χ2v) is 10.8. The Morgan fingerprint density at radius 1 is 1.09 bits per heavy atom. The van der Waals surface area contributed by atoms with E-state index < -0.39 is 16.7 Å². The molecular formula is C25H35N3O5. The van der Waals surface area contributed by atoms with Crippen LogP contribution in [0.4, 0.5) is 11.4 Å². The van der Waals surface area contributed by atoms with Crippen molar-refractivity contribution in [2.45, 2.75) is 83.0 Å². The maximum atomic E-state index is 12.7. The zero-order valence-electron chi connectivity index (χ0n) is 20.1. The van der Waals surface area contributed by atoms with Crippen molar-refractivity contribution in [3.05, 3.63) is 23.8 Å². The molecule has 1 aromatic rings. The summed E-state index contributed by atoms with van der Waals surface area (Å²) in [6, 6.07) is 6.14. The molecule has 0 aromatic heterocycles. The van der Waals surface area contributed by atoms with Crippen LogP contribution in [0.25, 0.3) is 0 Å². The van der Waals surface area contributed by atoms with Crippen LogP contribution >= 0.6 is 0 Å². The Hall–Kier alpha value is -2.61. The third-order valence-corrected chi connectivity index (χ3v) is 7.11. The molecule has 8 nitrogen and oxygen atoms in total. The minimum atomic E-state index is -1.05. The third-order valence-electron chi connectivity index (χ3n) is 7.11. The lowest BCUT2D eigenvalue weighted by molar-refractivity contribution is -0.161. The monoisotopic (exact) mass is 457 g/mol. The normalized spacial score (nSPS) is 25.0. The number of nitrogens with one attached hydrogen (secondary N) is 1. The van der Waals surface area contributed by atoms with Gasteiger partial charge in [0.2, 0.25) is 5.91 Å². The van der Waals surface area contributed by atoms with Gasteiger partial charge in [-0.3, -0.25) is 19.7 Å². The fourth-order valence-electron chi connectivity index (χ4n) is 5.26. The Labute approximate surface area is 195 Å². The van der Waals surface area contributed by atoms with Crippen LogP contribution < -0.4 is 15.1 Å². The molecule has 0 spiro atoms.